The van der Waals surface area contributed by atoms with Gasteiger partial charge in [-0.25, -0.2) is 0 Å². The first kappa shape index (κ1) is 11.0. The lowest BCUT2D eigenvalue weighted by Crippen LogP contribution is -2.31. The van der Waals surface area contributed by atoms with Crippen LogP contribution < -0.4 is 10.6 Å². The molecule has 2 nitrogen and oxygen atoms in total. The van der Waals surface area contributed by atoms with Gasteiger partial charge < -0.3 is 10.6 Å². The van der Waals surface area contributed by atoms with Crippen LogP contribution in [0.2, 0.25) is 0 Å². The minimum absolute atomic E-state index is 0.392. The monoisotopic (exact) mass is 246 g/mol. The third-order valence-electron chi connectivity index (χ3n) is 4.02. The van der Waals surface area contributed by atoms with E-state index >= 15 is 0 Å². The van der Waals surface area contributed by atoms with Crippen molar-refractivity contribution in [3.63, 3.8) is 0 Å². The van der Waals surface area contributed by atoms with E-state index in [1.807, 2.05) is 0 Å². The van der Waals surface area contributed by atoms with Crippen LogP contribution >= 0.6 is 12.2 Å². The molecular weight excluding hydrogens is 228 g/mol. The Kier molecular flexibility index (Phi) is 2.58. The molecule has 0 saturated heterocycles. The van der Waals surface area contributed by atoms with Crippen molar-refractivity contribution in [3.05, 3.63) is 29.8 Å². The number of fused-ring (bicyclic) bond motifs is 1. The Balaban J connectivity index is 1.74. The standard InChI is InChI=1S/C14H18N2S/c15-13(17)9-14(6-7-14)10-16-8-5-11-3-1-2-4-12(11)16/h1-4H,5-10H2,(H2,15,17). The van der Waals surface area contributed by atoms with Crippen molar-refractivity contribution in [2.24, 2.45) is 11.1 Å². The van der Waals surface area contributed by atoms with Gasteiger partial charge in [0.25, 0.3) is 0 Å². The van der Waals surface area contributed by atoms with Crippen molar-refractivity contribution in [2.75, 3.05) is 18.0 Å². The molecule has 0 bridgehead atoms. The average Bonchev–Trinajstić information content (AvgIpc) is 2.91. The molecular formula is C14H18N2S. The second-order valence-electron chi connectivity index (χ2n) is 5.44. The molecule has 0 unspecified atom stereocenters. The summed E-state index contributed by atoms with van der Waals surface area (Å²) in [6.45, 7) is 2.28. The summed E-state index contributed by atoms with van der Waals surface area (Å²) in [7, 11) is 0. The van der Waals surface area contributed by atoms with Crippen molar-refractivity contribution < 1.29 is 0 Å². The van der Waals surface area contributed by atoms with E-state index in [2.05, 4.69) is 29.2 Å². The Morgan fingerprint density at radius 1 is 1.35 bits per heavy atom. The summed E-state index contributed by atoms with van der Waals surface area (Å²) in [5.74, 6) is 0. The molecule has 3 heteroatoms. The van der Waals surface area contributed by atoms with Gasteiger partial charge in [-0.05, 0) is 36.3 Å². The quantitative estimate of drug-likeness (QED) is 0.828. The summed E-state index contributed by atoms with van der Waals surface area (Å²) < 4.78 is 0. The fraction of sp³-hybridized carbons (Fsp3) is 0.500. The molecule has 0 radical (unpaired) electrons. The van der Waals surface area contributed by atoms with Crippen LogP contribution in [0.3, 0.4) is 0 Å². The number of benzene rings is 1. The van der Waals surface area contributed by atoms with Crippen LogP contribution in [0.4, 0.5) is 5.69 Å². The zero-order chi connectivity index (χ0) is 11.9. The Hall–Kier alpha value is -1.09. The van der Waals surface area contributed by atoms with Gasteiger partial charge in [-0.2, -0.15) is 0 Å². The first-order valence-electron chi connectivity index (χ1n) is 6.30. The predicted octanol–water partition coefficient (Wildman–Crippen LogP) is 2.51. The molecule has 1 aliphatic carbocycles. The highest BCUT2D eigenvalue weighted by atomic mass is 32.1. The Morgan fingerprint density at radius 3 is 2.82 bits per heavy atom. The summed E-state index contributed by atoms with van der Waals surface area (Å²) in [6, 6.07) is 8.73. The molecule has 0 atom stereocenters. The maximum absolute atomic E-state index is 5.70. The second kappa shape index (κ2) is 3.98. The molecule has 1 saturated carbocycles. The fourth-order valence-corrected chi connectivity index (χ4v) is 3.22. The van der Waals surface area contributed by atoms with Gasteiger partial charge in [0.15, 0.2) is 0 Å². The number of hydrogen-bond donors (Lipinski definition) is 1. The molecule has 2 aliphatic rings. The maximum atomic E-state index is 5.70. The summed E-state index contributed by atoms with van der Waals surface area (Å²) in [5.41, 5.74) is 9.00. The number of rotatable bonds is 4. The summed E-state index contributed by atoms with van der Waals surface area (Å²) in [4.78, 5) is 3.19. The number of nitrogens with two attached hydrogens (primary N) is 1. The maximum Gasteiger partial charge on any atom is 0.0733 e. The van der Waals surface area contributed by atoms with Gasteiger partial charge in [-0.15, -0.1) is 0 Å². The van der Waals surface area contributed by atoms with Gasteiger partial charge in [0.1, 0.15) is 0 Å². The van der Waals surface area contributed by atoms with E-state index in [0.29, 0.717) is 10.4 Å². The van der Waals surface area contributed by atoms with E-state index in [4.69, 9.17) is 18.0 Å². The Bertz CT molecular complexity index is 451. The molecule has 3 rings (SSSR count). The number of anilines is 1. The number of hydrogen-bond acceptors (Lipinski definition) is 2. The van der Waals surface area contributed by atoms with Crippen LogP contribution in [0.1, 0.15) is 24.8 Å². The van der Waals surface area contributed by atoms with E-state index < -0.39 is 0 Å². The lowest BCUT2D eigenvalue weighted by molar-refractivity contribution is 0.524. The zero-order valence-corrected chi connectivity index (χ0v) is 10.8. The molecule has 90 valence electrons. The second-order valence-corrected chi connectivity index (χ2v) is 5.97. The molecule has 17 heavy (non-hydrogen) atoms. The molecule has 0 aromatic heterocycles. The number of para-hydroxylation sites is 1. The number of nitrogens with zero attached hydrogens (tertiary/aromatic N) is 1. The van der Waals surface area contributed by atoms with Crippen LogP contribution in [-0.2, 0) is 6.42 Å². The normalized spacial score (nSPS) is 20.1. The topological polar surface area (TPSA) is 29.3 Å². The van der Waals surface area contributed by atoms with Crippen LogP contribution in [-0.4, -0.2) is 18.1 Å². The highest BCUT2D eigenvalue weighted by Gasteiger charge is 2.44. The lowest BCUT2D eigenvalue weighted by atomic mass is 10.0. The smallest absolute Gasteiger partial charge is 0.0733 e. The lowest BCUT2D eigenvalue weighted by Gasteiger charge is -2.25. The largest absolute Gasteiger partial charge is 0.393 e. The number of thiocarbonyl (C=S) groups is 1. The Labute approximate surface area is 108 Å². The highest BCUT2D eigenvalue weighted by Crippen LogP contribution is 2.50. The van der Waals surface area contributed by atoms with Gasteiger partial charge in [0.2, 0.25) is 0 Å². The summed E-state index contributed by atoms with van der Waals surface area (Å²) in [6.07, 6.45) is 4.66. The van der Waals surface area contributed by atoms with Crippen molar-refractivity contribution in [2.45, 2.75) is 25.7 Å². The van der Waals surface area contributed by atoms with E-state index in [-0.39, 0.29) is 0 Å². The average molecular weight is 246 g/mol. The zero-order valence-electron chi connectivity index (χ0n) is 9.98. The molecule has 2 N–H and O–H groups in total. The van der Waals surface area contributed by atoms with Gasteiger partial charge in [-0.1, -0.05) is 30.4 Å². The SMILES string of the molecule is NC(=S)CC1(CN2CCc3ccccc32)CC1. The molecule has 1 heterocycles. The molecule has 0 spiro atoms. The van der Waals surface area contributed by atoms with Gasteiger partial charge >= 0.3 is 0 Å². The summed E-state index contributed by atoms with van der Waals surface area (Å²) in [5, 5.41) is 0. The molecule has 1 fully saturated rings. The third-order valence-corrected chi connectivity index (χ3v) is 4.16. The minimum atomic E-state index is 0.392. The van der Waals surface area contributed by atoms with E-state index in [0.717, 1.165) is 19.5 Å². The third kappa shape index (κ3) is 2.16. The summed E-state index contributed by atoms with van der Waals surface area (Å²) >= 11 is 5.06. The first-order valence-corrected chi connectivity index (χ1v) is 6.71. The van der Waals surface area contributed by atoms with Crippen LogP contribution in [0.5, 0.6) is 0 Å². The van der Waals surface area contributed by atoms with Crippen LogP contribution in [0.25, 0.3) is 0 Å². The van der Waals surface area contributed by atoms with Crippen molar-refractivity contribution in [3.8, 4) is 0 Å². The minimum Gasteiger partial charge on any atom is -0.393 e. The van der Waals surface area contributed by atoms with Crippen LogP contribution in [0.15, 0.2) is 24.3 Å². The van der Waals surface area contributed by atoms with Gasteiger partial charge in [-0.3, -0.25) is 0 Å². The predicted molar refractivity (Wildman–Crippen MR) is 75.4 cm³/mol. The Morgan fingerprint density at radius 2 is 2.12 bits per heavy atom. The van der Waals surface area contributed by atoms with Crippen molar-refractivity contribution in [1.29, 1.82) is 0 Å². The first-order chi connectivity index (χ1) is 8.19. The molecule has 1 aromatic rings. The highest BCUT2D eigenvalue weighted by molar-refractivity contribution is 7.80. The van der Waals surface area contributed by atoms with E-state index in [1.54, 1.807) is 0 Å². The van der Waals surface area contributed by atoms with Gasteiger partial charge in [0.05, 0.1) is 4.99 Å². The van der Waals surface area contributed by atoms with E-state index in [1.165, 1.54) is 30.5 Å². The fourth-order valence-electron chi connectivity index (χ4n) is 2.91. The van der Waals surface area contributed by atoms with Crippen molar-refractivity contribution in [1.82, 2.24) is 0 Å². The van der Waals surface area contributed by atoms with Gasteiger partial charge in [0, 0.05) is 25.2 Å². The molecule has 1 aromatic carbocycles. The van der Waals surface area contributed by atoms with Crippen molar-refractivity contribution >= 4 is 22.9 Å². The van der Waals surface area contributed by atoms with E-state index in [9.17, 15) is 0 Å². The molecule has 0 amide bonds. The van der Waals surface area contributed by atoms with Crippen LogP contribution in [0, 0.1) is 5.41 Å². The molecule has 1 aliphatic heterocycles.